The zero-order valence-electron chi connectivity index (χ0n) is 11.7. The Hall–Kier alpha value is -2.14. The normalized spacial score (nSPS) is 20.9. The zero-order chi connectivity index (χ0) is 14.5. The fourth-order valence-electron chi connectivity index (χ4n) is 2.75. The zero-order valence-corrected chi connectivity index (χ0v) is 11.7. The molecule has 1 aliphatic rings. The van der Waals surface area contributed by atoms with Crippen molar-refractivity contribution in [1.82, 2.24) is 5.16 Å². The van der Waals surface area contributed by atoms with Gasteiger partial charge in [-0.2, -0.15) is 0 Å². The Bertz CT molecular complexity index is 686. The van der Waals surface area contributed by atoms with Gasteiger partial charge < -0.3 is 14.9 Å². The summed E-state index contributed by atoms with van der Waals surface area (Å²) in [5, 5.41) is 17.2. The van der Waals surface area contributed by atoms with Crippen molar-refractivity contribution in [2.24, 2.45) is 0 Å². The van der Waals surface area contributed by atoms with Gasteiger partial charge in [-0.3, -0.25) is 4.79 Å². The van der Waals surface area contributed by atoms with E-state index >= 15 is 0 Å². The highest BCUT2D eigenvalue weighted by molar-refractivity contribution is 6.05. The SMILES string of the molecule is CCC1(O)C(=O)Nc2ccc(-c3c(C)noc3C)cc21. The van der Waals surface area contributed by atoms with Crippen molar-refractivity contribution in [3.8, 4) is 11.1 Å². The summed E-state index contributed by atoms with van der Waals surface area (Å²) in [5.74, 6) is 0.352. The molecule has 1 aromatic heterocycles. The lowest BCUT2D eigenvalue weighted by molar-refractivity contribution is -0.133. The number of nitrogens with one attached hydrogen (secondary N) is 1. The van der Waals surface area contributed by atoms with Crippen LogP contribution in [0.2, 0.25) is 0 Å². The van der Waals surface area contributed by atoms with Crippen LogP contribution in [0.25, 0.3) is 11.1 Å². The Morgan fingerprint density at radius 3 is 2.75 bits per heavy atom. The van der Waals surface area contributed by atoms with E-state index in [1.54, 1.807) is 6.92 Å². The van der Waals surface area contributed by atoms with Crippen LogP contribution in [0.4, 0.5) is 5.69 Å². The molecule has 0 fully saturated rings. The third kappa shape index (κ3) is 1.59. The molecule has 5 heteroatoms. The average Bonchev–Trinajstić information content (AvgIpc) is 2.89. The van der Waals surface area contributed by atoms with E-state index in [4.69, 9.17) is 4.52 Å². The summed E-state index contributed by atoms with van der Waals surface area (Å²) < 4.78 is 5.17. The standard InChI is InChI=1S/C15H16N2O3/c1-4-15(19)11-7-10(5-6-12(11)16-14(15)18)13-8(2)17-20-9(13)3/h5-7,19H,4H2,1-3H3,(H,16,18). The van der Waals surface area contributed by atoms with Gasteiger partial charge in [-0.25, -0.2) is 0 Å². The van der Waals surface area contributed by atoms with Crippen molar-refractivity contribution >= 4 is 11.6 Å². The molecule has 2 aromatic rings. The molecule has 0 aliphatic carbocycles. The number of amides is 1. The van der Waals surface area contributed by atoms with Gasteiger partial charge in [0.25, 0.3) is 5.91 Å². The minimum atomic E-state index is -1.45. The number of rotatable bonds is 2. The Morgan fingerprint density at radius 1 is 1.40 bits per heavy atom. The third-order valence-corrected chi connectivity index (χ3v) is 3.92. The number of aromatic nitrogens is 1. The van der Waals surface area contributed by atoms with Crippen molar-refractivity contribution in [3.05, 3.63) is 35.2 Å². The molecule has 104 valence electrons. The minimum absolute atomic E-state index is 0.330. The van der Waals surface area contributed by atoms with Crippen LogP contribution in [0, 0.1) is 13.8 Å². The van der Waals surface area contributed by atoms with E-state index < -0.39 is 5.60 Å². The number of hydrogen-bond donors (Lipinski definition) is 2. The largest absolute Gasteiger partial charge is 0.375 e. The fourth-order valence-corrected chi connectivity index (χ4v) is 2.75. The molecule has 3 rings (SSSR count). The van der Waals surface area contributed by atoms with Crippen molar-refractivity contribution < 1.29 is 14.4 Å². The van der Waals surface area contributed by atoms with Crippen LogP contribution >= 0.6 is 0 Å². The van der Waals surface area contributed by atoms with Gasteiger partial charge in [-0.05, 0) is 38.0 Å². The van der Waals surface area contributed by atoms with E-state index in [9.17, 15) is 9.90 Å². The molecule has 2 heterocycles. The lowest BCUT2D eigenvalue weighted by Crippen LogP contribution is -2.33. The number of benzene rings is 1. The first kappa shape index (κ1) is 12.9. The number of carbonyl (C=O) groups is 1. The highest BCUT2D eigenvalue weighted by Gasteiger charge is 2.43. The fraction of sp³-hybridized carbons (Fsp3) is 0.333. The number of carbonyl (C=O) groups excluding carboxylic acids is 1. The summed E-state index contributed by atoms with van der Waals surface area (Å²) >= 11 is 0. The van der Waals surface area contributed by atoms with Crippen molar-refractivity contribution in [1.29, 1.82) is 0 Å². The smallest absolute Gasteiger partial charge is 0.261 e. The second-order valence-electron chi connectivity index (χ2n) is 5.13. The molecule has 1 aliphatic heterocycles. The lowest BCUT2D eigenvalue weighted by atomic mass is 9.90. The molecule has 1 aromatic carbocycles. The van der Waals surface area contributed by atoms with Crippen LogP contribution in [0.1, 0.15) is 30.4 Å². The quantitative estimate of drug-likeness (QED) is 0.880. The molecule has 5 nitrogen and oxygen atoms in total. The maximum Gasteiger partial charge on any atom is 0.261 e. The molecule has 1 unspecified atom stereocenters. The van der Waals surface area contributed by atoms with Gasteiger partial charge in [0.15, 0.2) is 5.60 Å². The highest BCUT2D eigenvalue weighted by Crippen LogP contribution is 2.41. The monoisotopic (exact) mass is 272 g/mol. The first-order valence-electron chi connectivity index (χ1n) is 6.59. The van der Waals surface area contributed by atoms with Crippen LogP contribution in [0.5, 0.6) is 0 Å². The van der Waals surface area contributed by atoms with E-state index in [1.807, 2.05) is 32.0 Å². The average molecular weight is 272 g/mol. The summed E-state index contributed by atoms with van der Waals surface area (Å²) in [6.07, 6.45) is 0.330. The molecule has 20 heavy (non-hydrogen) atoms. The van der Waals surface area contributed by atoms with Gasteiger partial charge in [0, 0.05) is 16.8 Å². The van der Waals surface area contributed by atoms with Gasteiger partial charge in [-0.15, -0.1) is 0 Å². The number of aliphatic hydroxyl groups is 1. The lowest BCUT2D eigenvalue weighted by Gasteiger charge is -2.18. The summed E-state index contributed by atoms with van der Waals surface area (Å²) in [6, 6.07) is 5.54. The number of anilines is 1. The molecule has 0 radical (unpaired) electrons. The van der Waals surface area contributed by atoms with E-state index in [0.717, 1.165) is 22.6 Å². The van der Waals surface area contributed by atoms with E-state index in [0.29, 0.717) is 17.7 Å². The summed E-state index contributed by atoms with van der Waals surface area (Å²) in [5.41, 5.74) is 2.41. The Morgan fingerprint density at radius 2 is 2.15 bits per heavy atom. The third-order valence-electron chi connectivity index (χ3n) is 3.92. The number of hydrogen-bond acceptors (Lipinski definition) is 4. The van der Waals surface area contributed by atoms with Crippen LogP contribution in [0.3, 0.4) is 0 Å². The molecular weight excluding hydrogens is 256 g/mol. The van der Waals surface area contributed by atoms with Gasteiger partial charge in [0.05, 0.1) is 5.69 Å². The maximum atomic E-state index is 11.9. The second kappa shape index (κ2) is 4.18. The van der Waals surface area contributed by atoms with Crippen LogP contribution in [0.15, 0.2) is 22.7 Å². The predicted molar refractivity (Wildman–Crippen MR) is 74.2 cm³/mol. The van der Waals surface area contributed by atoms with Crippen molar-refractivity contribution in [2.45, 2.75) is 32.8 Å². The molecule has 0 bridgehead atoms. The first-order chi connectivity index (χ1) is 9.47. The predicted octanol–water partition coefficient (Wildman–Crippen LogP) is 2.51. The Labute approximate surface area is 116 Å². The molecule has 2 N–H and O–H groups in total. The number of nitrogens with zero attached hydrogens (tertiary/aromatic N) is 1. The molecule has 0 saturated carbocycles. The van der Waals surface area contributed by atoms with E-state index in [2.05, 4.69) is 10.5 Å². The Kier molecular flexibility index (Phi) is 2.69. The summed E-state index contributed by atoms with van der Waals surface area (Å²) in [4.78, 5) is 11.9. The molecule has 0 spiro atoms. The van der Waals surface area contributed by atoms with Crippen LogP contribution in [-0.4, -0.2) is 16.2 Å². The second-order valence-corrected chi connectivity index (χ2v) is 5.13. The summed E-state index contributed by atoms with van der Waals surface area (Å²) in [7, 11) is 0. The molecular formula is C15H16N2O3. The van der Waals surface area contributed by atoms with Gasteiger partial charge in [-0.1, -0.05) is 18.1 Å². The minimum Gasteiger partial charge on any atom is -0.375 e. The van der Waals surface area contributed by atoms with Gasteiger partial charge >= 0.3 is 0 Å². The Balaban J connectivity index is 2.18. The first-order valence-corrected chi connectivity index (χ1v) is 6.59. The molecule has 1 atom stereocenters. The topological polar surface area (TPSA) is 75.4 Å². The van der Waals surface area contributed by atoms with Crippen molar-refractivity contribution in [2.75, 3.05) is 5.32 Å². The molecule has 0 saturated heterocycles. The number of aryl methyl sites for hydroxylation is 2. The van der Waals surface area contributed by atoms with Gasteiger partial charge in [0.2, 0.25) is 0 Å². The van der Waals surface area contributed by atoms with Crippen LogP contribution < -0.4 is 5.32 Å². The van der Waals surface area contributed by atoms with Gasteiger partial charge in [0.1, 0.15) is 5.76 Å². The van der Waals surface area contributed by atoms with E-state index in [-0.39, 0.29) is 5.91 Å². The van der Waals surface area contributed by atoms with Crippen LogP contribution in [-0.2, 0) is 10.4 Å². The molecule has 1 amide bonds. The highest BCUT2D eigenvalue weighted by atomic mass is 16.5. The van der Waals surface area contributed by atoms with Crippen molar-refractivity contribution in [3.63, 3.8) is 0 Å². The van der Waals surface area contributed by atoms with E-state index in [1.165, 1.54) is 0 Å². The number of fused-ring (bicyclic) bond motifs is 1. The summed E-state index contributed by atoms with van der Waals surface area (Å²) in [6.45, 7) is 5.50. The maximum absolute atomic E-state index is 11.9.